The molecule has 1 aromatic heterocycles. The van der Waals surface area contributed by atoms with Gasteiger partial charge in [-0.25, -0.2) is 4.90 Å². The van der Waals surface area contributed by atoms with Crippen LogP contribution in [-0.4, -0.2) is 73.0 Å². The van der Waals surface area contributed by atoms with Crippen molar-refractivity contribution in [2.75, 3.05) is 44.3 Å². The monoisotopic (exact) mass is 427 g/mol. The quantitative estimate of drug-likeness (QED) is 0.661. The minimum Gasteiger partial charge on any atom is -0.379 e. The largest absolute Gasteiger partial charge is 0.379 e. The van der Waals surface area contributed by atoms with E-state index in [1.807, 2.05) is 30.5 Å². The standard InChI is InChI=1S/C22H25N3O4S/c1-16-4-6-17(7-5-16)25-20(26)15-18(21(25)27)24(22(28)19-3-2-14-30-19)9-8-23-10-12-29-13-11-23/h2-7,14,18H,8-13,15H2,1H3. The molecule has 2 aliphatic heterocycles. The fourth-order valence-corrected chi connectivity index (χ4v) is 4.52. The second kappa shape index (κ2) is 9.07. The Hall–Kier alpha value is -2.55. The molecule has 0 aliphatic carbocycles. The number of anilines is 1. The fourth-order valence-electron chi connectivity index (χ4n) is 3.84. The van der Waals surface area contributed by atoms with E-state index in [9.17, 15) is 14.4 Å². The highest BCUT2D eigenvalue weighted by Crippen LogP contribution is 2.27. The predicted octanol–water partition coefficient (Wildman–Crippen LogP) is 2.16. The van der Waals surface area contributed by atoms with E-state index in [2.05, 4.69) is 4.90 Å². The van der Waals surface area contributed by atoms with Gasteiger partial charge < -0.3 is 9.64 Å². The molecule has 4 rings (SSSR count). The number of imide groups is 1. The predicted molar refractivity (Wildman–Crippen MR) is 115 cm³/mol. The van der Waals surface area contributed by atoms with Gasteiger partial charge in [-0.1, -0.05) is 23.8 Å². The van der Waals surface area contributed by atoms with Gasteiger partial charge in [-0.3, -0.25) is 19.3 Å². The van der Waals surface area contributed by atoms with Gasteiger partial charge in [0, 0.05) is 26.2 Å². The molecule has 0 spiro atoms. The number of ether oxygens (including phenoxy) is 1. The van der Waals surface area contributed by atoms with Crippen LogP contribution in [0.2, 0.25) is 0 Å². The maximum Gasteiger partial charge on any atom is 0.264 e. The molecule has 8 heteroatoms. The van der Waals surface area contributed by atoms with Gasteiger partial charge in [-0.05, 0) is 30.5 Å². The molecule has 2 fully saturated rings. The van der Waals surface area contributed by atoms with Crippen molar-refractivity contribution < 1.29 is 19.1 Å². The average molecular weight is 428 g/mol. The summed E-state index contributed by atoms with van der Waals surface area (Å²) in [5.74, 6) is -0.810. The van der Waals surface area contributed by atoms with Crippen LogP contribution in [0.5, 0.6) is 0 Å². The van der Waals surface area contributed by atoms with E-state index in [1.165, 1.54) is 16.2 Å². The molecule has 0 bridgehead atoms. The normalized spacial score (nSPS) is 20.0. The van der Waals surface area contributed by atoms with Gasteiger partial charge in [0.2, 0.25) is 5.91 Å². The van der Waals surface area contributed by atoms with E-state index in [0.29, 0.717) is 36.9 Å². The van der Waals surface area contributed by atoms with Crippen LogP contribution in [0.1, 0.15) is 21.7 Å². The maximum atomic E-state index is 13.2. The molecule has 1 aromatic carbocycles. The van der Waals surface area contributed by atoms with Crippen molar-refractivity contribution in [3.05, 3.63) is 52.2 Å². The Morgan fingerprint density at radius 2 is 1.90 bits per heavy atom. The molecule has 1 unspecified atom stereocenters. The Morgan fingerprint density at radius 3 is 2.57 bits per heavy atom. The summed E-state index contributed by atoms with van der Waals surface area (Å²) in [6.07, 6.45) is 0.00688. The summed E-state index contributed by atoms with van der Waals surface area (Å²) in [7, 11) is 0. The van der Waals surface area contributed by atoms with Gasteiger partial charge in [0.1, 0.15) is 6.04 Å². The van der Waals surface area contributed by atoms with Crippen LogP contribution in [-0.2, 0) is 14.3 Å². The third-order valence-corrected chi connectivity index (χ3v) is 6.40. The van der Waals surface area contributed by atoms with Gasteiger partial charge >= 0.3 is 0 Å². The van der Waals surface area contributed by atoms with E-state index < -0.39 is 6.04 Å². The number of rotatable bonds is 6. The van der Waals surface area contributed by atoms with Crippen molar-refractivity contribution in [2.45, 2.75) is 19.4 Å². The Balaban J connectivity index is 1.56. The van der Waals surface area contributed by atoms with Crippen molar-refractivity contribution in [3.63, 3.8) is 0 Å². The number of hydrogen-bond donors (Lipinski definition) is 0. The van der Waals surface area contributed by atoms with E-state index in [1.54, 1.807) is 23.1 Å². The van der Waals surface area contributed by atoms with Gasteiger partial charge in [0.25, 0.3) is 11.8 Å². The van der Waals surface area contributed by atoms with Gasteiger partial charge in [0.15, 0.2) is 0 Å². The summed E-state index contributed by atoms with van der Waals surface area (Å²) >= 11 is 1.35. The summed E-state index contributed by atoms with van der Waals surface area (Å²) in [5, 5.41) is 1.84. The lowest BCUT2D eigenvalue weighted by Crippen LogP contribution is -2.49. The molecule has 0 N–H and O–H groups in total. The van der Waals surface area contributed by atoms with Crippen LogP contribution in [0.25, 0.3) is 0 Å². The highest BCUT2D eigenvalue weighted by Gasteiger charge is 2.44. The molecular weight excluding hydrogens is 402 g/mol. The first-order chi connectivity index (χ1) is 14.5. The molecule has 0 saturated carbocycles. The second-order valence-corrected chi connectivity index (χ2v) is 8.50. The van der Waals surface area contributed by atoms with Gasteiger partial charge in [0.05, 0.1) is 30.2 Å². The third kappa shape index (κ3) is 4.30. The van der Waals surface area contributed by atoms with Crippen molar-refractivity contribution in [2.24, 2.45) is 0 Å². The third-order valence-electron chi connectivity index (χ3n) is 5.54. The summed E-state index contributed by atoms with van der Waals surface area (Å²) in [6.45, 7) is 5.92. The number of morpholine rings is 1. The molecule has 158 valence electrons. The number of carbonyl (C=O) groups excluding carboxylic acids is 3. The minimum absolute atomic E-state index is 0.00688. The number of benzene rings is 1. The Labute approximate surface area is 179 Å². The summed E-state index contributed by atoms with van der Waals surface area (Å²) in [4.78, 5) is 44.8. The van der Waals surface area contributed by atoms with Crippen LogP contribution < -0.4 is 4.90 Å². The SMILES string of the molecule is Cc1ccc(N2C(=O)CC(N(CCN3CCOCC3)C(=O)c3cccs3)C2=O)cc1. The molecule has 7 nitrogen and oxygen atoms in total. The highest BCUT2D eigenvalue weighted by molar-refractivity contribution is 7.12. The van der Waals surface area contributed by atoms with Gasteiger partial charge in [-0.15, -0.1) is 11.3 Å². The van der Waals surface area contributed by atoms with Crippen LogP contribution in [0.15, 0.2) is 41.8 Å². The van der Waals surface area contributed by atoms with Crippen LogP contribution in [0, 0.1) is 6.92 Å². The zero-order chi connectivity index (χ0) is 21.1. The van der Waals surface area contributed by atoms with Crippen molar-refractivity contribution >= 4 is 34.7 Å². The topological polar surface area (TPSA) is 70.2 Å². The molecule has 2 aromatic rings. The van der Waals surface area contributed by atoms with Crippen LogP contribution in [0.4, 0.5) is 5.69 Å². The molecule has 3 heterocycles. The number of aryl methyl sites for hydroxylation is 1. The lowest BCUT2D eigenvalue weighted by molar-refractivity contribution is -0.122. The molecular formula is C22H25N3O4S. The van der Waals surface area contributed by atoms with E-state index in [-0.39, 0.29) is 24.1 Å². The molecule has 2 saturated heterocycles. The number of hydrogen-bond acceptors (Lipinski definition) is 6. The zero-order valence-electron chi connectivity index (χ0n) is 17.0. The molecule has 1 atom stereocenters. The molecule has 0 radical (unpaired) electrons. The summed E-state index contributed by atoms with van der Waals surface area (Å²) < 4.78 is 5.39. The summed E-state index contributed by atoms with van der Waals surface area (Å²) in [5.41, 5.74) is 1.60. The van der Waals surface area contributed by atoms with Crippen molar-refractivity contribution in [1.29, 1.82) is 0 Å². The number of carbonyl (C=O) groups is 3. The van der Waals surface area contributed by atoms with E-state index in [4.69, 9.17) is 4.74 Å². The number of amides is 3. The Morgan fingerprint density at radius 1 is 1.17 bits per heavy atom. The first-order valence-electron chi connectivity index (χ1n) is 10.1. The average Bonchev–Trinajstić information content (AvgIpc) is 3.39. The van der Waals surface area contributed by atoms with E-state index in [0.717, 1.165) is 18.7 Å². The van der Waals surface area contributed by atoms with Crippen molar-refractivity contribution in [1.82, 2.24) is 9.80 Å². The number of thiophene rings is 1. The minimum atomic E-state index is -0.783. The fraction of sp³-hybridized carbons (Fsp3) is 0.409. The maximum absolute atomic E-state index is 13.2. The molecule has 30 heavy (non-hydrogen) atoms. The molecule has 2 aliphatic rings. The first-order valence-corrected chi connectivity index (χ1v) is 11.0. The van der Waals surface area contributed by atoms with E-state index >= 15 is 0 Å². The van der Waals surface area contributed by atoms with Gasteiger partial charge in [-0.2, -0.15) is 0 Å². The Kier molecular flexibility index (Phi) is 6.26. The van der Waals surface area contributed by atoms with Crippen LogP contribution >= 0.6 is 11.3 Å². The smallest absolute Gasteiger partial charge is 0.264 e. The second-order valence-electron chi connectivity index (χ2n) is 7.55. The molecule has 3 amide bonds. The first kappa shape index (κ1) is 20.7. The lowest BCUT2D eigenvalue weighted by atomic mass is 10.2. The highest BCUT2D eigenvalue weighted by atomic mass is 32.1. The lowest BCUT2D eigenvalue weighted by Gasteiger charge is -2.32. The number of nitrogens with zero attached hydrogens (tertiary/aromatic N) is 3. The Bertz CT molecular complexity index is 907. The van der Waals surface area contributed by atoms with Crippen LogP contribution in [0.3, 0.4) is 0 Å². The van der Waals surface area contributed by atoms with Crippen molar-refractivity contribution in [3.8, 4) is 0 Å². The zero-order valence-corrected chi connectivity index (χ0v) is 17.8. The summed E-state index contributed by atoms with van der Waals surface area (Å²) in [6, 6.07) is 10.1.